The molecule has 7 nitrogen and oxygen atoms in total. The van der Waals surface area contributed by atoms with E-state index in [4.69, 9.17) is 0 Å². The number of carbonyl (C=O) groups is 1. The van der Waals surface area contributed by atoms with Crippen molar-refractivity contribution in [1.82, 2.24) is 25.7 Å². The predicted octanol–water partition coefficient (Wildman–Crippen LogP) is 1.14. The number of nitrogens with zero attached hydrogens (tertiary/aromatic N) is 3. The first-order valence-corrected chi connectivity index (χ1v) is 6.59. The van der Waals surface area contributed by atoms with Gasteiger partial charge in [-0.1, -0.05) is 6.07 Å². The quantitative estimate of drug-likeness (QED) is 0.670. The van der Waals surface area contributed by atoms with Crippen LogP contribution in [0.2, 0.25) is 0 Å². The molecular formula is C14H16N6O. The highest BCUT2D eigenvalue weighted by Crippen LogP contribution is 2.28. The summed E-state index contributed by atoms with van der Waals surface area (Å²) in [7, 11) is 3.46. The van der Waals surface area contributed by atoms with Gasteiger partial charge in [0.2, 0.25) is 5.91 Å². The summed E-state index contributed by atoms with van der Waals surface area (Å²) in [6.45, 7) is 0.269. The number of amides is 1. The normalized spacial score (nSPS) is 11.0. The lowest BCUT2D eigenvalue weighted by atomic mass is 10.1. The zero-order valence-corrected chi connectivity index (χ0v) is 11.8. The van der Waals surface area contributed by atoms with Crippen LogP contribution in [0.1, 0.15) is 0 Å². The average Bonchev–Trinajstić information content (AvgIpc) is 3.15. The number of nitrogens with one attached hydrogen (secondary N) is 3. The van der Waals surface area contributed by atoms with Crippen LogP contribution in [-0.2, 0) is 4.79 Å². The zero-order chi connectivity index (χ0) is 14.8. The fraction of sp³-hybridized carbons (Fsp3) is 0.214. The molecule has 2 heterocycles. The van der Waals surface area contributed by atoms with Gasteiger partial charge in [0, 0.05) is 24.2 Å². The number of fused-ring (bicyclic) bond motifs is 1. The van der Waals surface area contributed by atoms with Crippen molar-refractivity contribution in [2.75, 3.05) is 25.5 Å². The molecule has 3 aromatic rings. The minimum atomic E-state index is -0.0437. The summed E-state index contributed by atoms with van der Waals surface area (Å²) in [4.78, 5) is 13.5. The third-order valence-corrected chi connectivity index (χ3v) is 3.37. The van der Waals surface area contributed by atoms with Crippen LogP contribution < -0.4 is 10.2 Å². The Hall–Kier alpha value is -2.67. The number of likely N-dealkylation sites (N-methyl/N-ethyl adjacent to an activating group) is 2. The lowest BCUT2D eigenvalue weighted by Gasteiger charge is -2.14. The second-order valence-corrected chi connectivity index (χ2v) is 4.76. The van der Waals surface area contributed by atoms with E-state index in [1.165, 1.54) is 0 Å². The van der Waals surface area contributed by atoms with E-state index in [1.807, 2.05) is 24.3 Å². The smallest absolute Gasteiger partial charge is 0.241 e. The molecule has 1 aromatic carbocycles. The van der Waals surface area contributed by atoms with Crippen LogP contribution in [0.25, 0.3) is 22.2 Å². The van der Waals surface area contributed by atoms with Crippen molar-refractivity contribution in [2.45, 2.75) is 0 Å². The summed E-state index contributed by atoms with van der Waals surface area (Å²) in [5.74, 6) is 0.574. The number of aromatic amines is 2. The van der Waals surface area contributed by atoms with E-state index in [0.717, 1.165) is 22.2 Å². The molecule has 108 valence electrons. The topological polar surface area (TPSA) is 89.7 Å². The van der Waals surface area contributed by atoms with Gasteiger partial charge in [0.25, 0.3) is 0 Å². The summed E-state index contributed by atoms with van der Waals surface area (Å²) in [5, 5.41) is 17.8. The summed E-state index contributed by atoms with van der Waals surface area (Å²) >= 11 is 0. The van der Waals surface area contributed by atoms with Crippen LogP contribution in [-0.4, -0.2) is 46.9 Å². The van der Waals surface area contributed by atoms with E-state index in [1.54, 1.807) is 25.2 Å². The highest BCUT2D eigenvalue weighted by atomic mass is 16.2. The lowest BCUT2D eigenvalue weighted by Crippen LogP contribution is -2.34. The minimum Gasteiger partial charge on any atom is -0.311 e. The first-order valence-electron chi connectivity index (χ1n) is 6.59. The summed E-state index contributed by atoms with van der Waals surface area (Å²) in [5.41, 5.74) is 2.81. The molecule has 3 N–H and O–H groups in total. The van der Waals surface area contributed by atoms with E-state index in [0.29, 0.717) is 5.82 Å². The Bertz CT molecular complexity index is 761. The molecule has 0 saturated heterocycles. The molecule has 1 amide bonds. The third kappa shape index (κ3) is 2.38. The van der Waals surface area contributed by atoms with E-state index < -0.39 is 0 Å². The largest absolute Gasteiger partial charge is 0.311 e. The maximum absolute atomic E-state index is 12.0. The Labute approximate surface area is 121 Å². The molecule has 3 rings (SSSR count). The second kappa shape index (κ2) is 5.37. The second-order valence-electron chi connectivity index (χ2n) is 4.76. The van der Waals surface area contributed by atoms with E-state index >= 15 is 0 Å². The number of aromatic nitrogens is 4. The zero-order valence-electron chi connectivity index (χ0n) is 11.8. The molecule has 0 radical (unpaired) electrons. The Morgan fingerprint density at radius 1 is 1.33 bits per heavy atom. The molecule has 0 aliphatic rings. The van der Waals surface area contributed by atoms with Gasteiger partial charge in [0.15, 0.2) is 5.82 Å². The van der Waals surface area contributed by atoms with Gasteiger partial charge in [-0.2, -0.15) is 10.2 Å². The number of benzene rings is 1. The van der Waals surface area contributed by atoms with Crippen LogP contribution in [0.5, 0.6) is 0 Å². The van der Waals surface area contributed by atoms with Crippen molar-refractivity contribution in [3.63, 3.8) is 0 Å². The lowest BCUT2D eigenvalue weighted by molar-refractivity contribution is -0.117. The van der Waals surface area contributed by atoms with Crippen LogP contribution in [0, 0.1) is 0 Å². The van der Waals surface area contributed by atoms with E-state index in [-0.39, 0.29) is 12.5 Å². The first kappa shape index (κ1) is 13.3. The molecule has 0 atom stereocenters. The summed E-state index contributed by atoms with van der Waals surface area (Å²) in [6.07, 6.45) is 1.71. The van der Waals surface area contributed by atoms with Gasteiger partial charge >= 0.3 is 0 Å². The highest BCUT2D eigenvalue weighted by Gasteiger charge is 2.16. The van der Waals surface area contributed by atoms with Crippen LogP contribution in [0.3, 0.4) is 0 Å². The van der Waals surface area contributed by atoms with Gasteiger partial charge < -0.3 is 5.32 Å². The fourth-order valence-corrected chi connectivity index (χ4v) is 2.23. The molecule has 0 saturated carbocycles. The standard InChI is InChI=1S/C14H16N6O/c1-15-8-13(21)20(2)14-10-7-9(11-5-6-16-17-11)3-4-12(10)18-19-14/h3-7,15H,8H2,1-2H3,(H,16,17)(H,18,19). The van der Waals surface area contributed by atoms with Crippen molar-refractivity contribution >= 4 is 22.6 Å². The molecular weight excluding hydrogens is 268 g/mol. The number of hydrogen-bond acceptors (Lipinski definition) is 4. The van der Waals surface area contributed by atoms with Crippen LogP contribution >= 0.6 is 0 Å². The highest BCUT2D eigenvalue weighted by molar-refractivity contribution is 6.02. The minimum absolute atomic E-state index is 0.0437. The molecule has 0 fully saturated rings. The first-order chi connectivity index (χ1) is 10.2. The number of H-pyrrole nitrogens is 2. The van der Waals surface area contributed by atoms with Crippen LogP contribution in [0.4, 0.5) is 5.82 Å². The predicted molar refractivity (Wildman–Crippen MR) is 81.0 cm³/mol. The summed E-state index contributed by atoms with van der Waals surface area (Å²) in [6, 6.07) is 7.81. The summed E-state index contributed by atoms with van der Waals surface area (Å²) < 4.78 is 0. The molecule has 0 unspecified atom stereocenters. The maximum atomic E-state index is 12.0. The Morgan fingerprint density at radius 2 is 2.19 bits per heavy atom. The number of carbonyl (C=O) groups excluding carboxylic acids is 1. The average molecular weight is 284 g/mol. The van der Waals surface area contributed by atoms with Crippen molar-refractivity contribution in [2.24, 2.45) is 0 Å². The molecule has 7 heteroatoms. The molecule has 2 aromatic heterocycles. The Balaban J connectivity index is 2.04. The SMILES string of the molecule is CNCC(=O)N(C)c1n[nH]c2ccc(-c3ccn[nH]3)cc12. The van der Waals surface area contributed by atoms with Gasteiger partial charge in [-0.05, 0) is 25.2 Å². The number of anilines is 1. The number of hydrogen-bond donors (Lipinski definition) is 3. The molecule has 21 heavy (non-hydrogen) atoms. The molecule has 0 bridgehead atoms. The molecule has 0 spiro atoms. The Morgan fingerprint density at radius 3 is 2.90 bits per heavy atom. The van der Waals surface area contributed by atoms with E-state index in [9.17, 15) is 4.79 Å². The van der Waals surface area contributed by atoms with E-state index in [2.05, 4.69) is 25.7 Å². The third-order valence-electron chi connectivity index (χ3n) is 3.37. The van der Waals surface area contributed by atoms with Gasteiger partial charge in [-0.3, -0.25) is 19.9 Å². The van der Waals surface area contributed by atoms with Crippen molar-refractivity contribution in [3.8, 4) is 11.3 Å². The fourth-order valence-electron chi connectivity index (χ4n) is 2.23. The number of rotatable bonds is 4. The van der Waals surface area contributed by atoms with Gasteiger partial charge in [0.1, 0.15) is 0 Å². The van der Waals surface area contributed by atoms with Gasteiger partial charge in [-0.25, -0.2) is 0 Å². The van der Waals surface area contributed by atoms with Crippen molar-refractivity contribution in [3.05, 3.63) is 30.5 Å². The Kier molecular flexibility index (Phi) is 3.41. The molecule has 0 aliphatic carbocycles. The van der Waals surface area contributed by atoms with Crippen LogP contribution in [0.15, 0.2) is 30.5 Å². The van der Waals surface area contributed by atoms with Crippen molar-refractivity contribution < 1.29 is 4.79 Å². The van der Waals surface area contributed by atoms with Gasteiger partial charge in [0.05, 0.1) is 17.8 Å². The van der Waals surface area contributed by atoms with Gasteiger partial charge in [-0.15, -0.1) is 0 Å². The van der Waals surface area contributed by atoms with Crippen molar-refractivity contribution in [1.29, 1.82) is 0 Å². The monoisotopic (exact) mass is 284 g/mol. The maximum Gasteiger partial charge on any atom is 0.241 e. The molecule has 0 aliphatic heterocycles.